The predicted octanol–water partition coefficient (Wildman–Crippen LogP) is 5.90. The van der Waals surface area contributed by atoms with Crippen LogP contribution in [0.4, 0.5) is 0 Å². The molecule has 1 unspecified atom stereocenters. The molecule has 0 heterocycles. The molecule has 0 fully saturated rings. The number of benzene rings is 1. The molecule has 0 saturated heterocycles. The van der Waals surface area contributed by atoms with Crippen LogP contribution >= 0.6 is 0 Å². The molecule has 0 bridgehead atoms. The van der Waals surface area contributed by atoms with Crippen LogP contribution in [-0.4, -0.2) is 6.54 Å². The fraction of sp³-hybridized carbons (Fsp3) is 0.700. The first-order valence-corrected chi connectivity index (χ1v) is 9.08. The second-order valence-corrected chi connectivity index (χ2v) is 6.26. The van der Waals surface area contributed by atoms with Gasteiger partial charge in [-0.1, -0.05) is 71.2 Å². The molecule has 0 radical (unpaired) electrons. The quantitative estimate of drug-likeness (QED) is 0.535. The molecule has 1 nitrogen and oxygen atoms in total. The average Bonchev–Trinajstić information content (AvgIpc) is 2.50. The average molecular weight is 290 g/mol. The van der Waals surface area contributed by atoms with Gasteiger partial charge in [0.15, 0.2) is 0 Å². The van der Waals surface area contributed by atoms with Crippen molar-refractivity contribution in [3.63, 3.8) is 0 Å². The maximum atomic E-state index is 3.81. The van der Waals surface area contributed by atoms with Gasteiger partial charge in [0.1, 0.15) is 0 Å². The summed E-state index contributed by atoms with van der Waals surface area (Å²) in [6.45, 7) is 10.2. The Morgan fingerprint density at radius 1 is 0.810 bits per heavy atom. The molecule has 1 aromatic carbocycles. The van der Waals surface area contributed by atoms with Gasteiger partial charge in [0.2, 0.25) is 0 Å². The fourth-order valence-corrected chi connectivity index (χ4v) is 3.26. The highest BCUT2D eigenvalue weighted by atomic mass is 14.9. The number of hydrogen-bond acceptors (Lipinski definition) is 1. The Hall–Kier alpha value is -0.820. The summed E-state index contributed by atoms with van der Waals surface area (Å²) in [5, 5.41) is 3.81. The zero-order valence-corrected chi connectivity index (χ0v) is 14.6. The summed E-state index contributed by atoms with van der Waals surface area (Å²) in [6, 6.07) is 9.90. The lowest BCUT2D eigenvalue weighted by atomic mass is 9.85. The summed E-state index contributed by atoms with van der Waals surface area (Å²) in [4.78, 5) is 0. The van der Waals surface area contributed by atoms with Gasteiger partial charge < -0.3 is 5.32 Å². The molecule has 0 aromatic heterocycles. The molecule has 1 heteroatoms. The lowest BCUT2D eigenvalue weighted by molar-refractivity contribution is 0.316. The van der Waals surface area contributed by atoms with Crippen molar-refractivity contribution in [1.82, 2.24) is 5.32 Å². The summed E-state index contributed by atoms with van der Waals surface area (Å²) in [6.07, 6.45) is 8.84. The van der Waals surface area contributed by atoms with Crippen LogP contribution in [0.15, 0.2) is 24.3 Å². The second-order valence-electron chi connectivity index (χ2n) is 6.26. The number of aryl methyl sites for hydroxylation is 1. The number of nitrogens with one attached hydrogen (secondary N) is 1. The van der Waals surface area contributed by atoms with Crippen molar-refractivity contribution in [2.24, 2.45) is 5.92 Å². The van der Waals surface area contributed by atoms with Crippen LogP contribution in [0.3, 0.4) is 0 Å². The highest BCUT2D eigenvalue weighted by molar-refractivity contribution is 5.25. The summed E-state index contributed by atoms with van der Waals surface area (Å²) in [5.41, 5.74) is 2.95. The first-order chi connectivity index (χ1) is 10.3. The van der Waals surface area contributed by atoms with E-state index < -0.39 is 0 Å². The maximum absolute atomic E-state index is 3.81. The van der Waals surface area contributed by atoms with Crippen molar-refractivity contribution in [3.05, 3.63) is 35.4 Å². The van der Waals surface area contributed by atoms with Crippen LogP contribution in [0.2, 0.25) is 0 Å². The molecular formula is C20H35N. The summed E-state index contributed by atoms with van der Waals surface area (Å²) >= 11 is 0. The van der Waals surface area contributed by atoms with Gasteiger partial charge >= 0.3 is 0 Å². The van der Waals surface area contributed by atoms with Gasteiger partial charge in [-0.3, -0.25) is 0 Å². The van der Waals surface area contributed by atoms with E-state index in [1.165, 1.54) is 56.1 Å². The van der Waals surface area contributed by atoms with Gasteiger partial charge in [0.25, 0.3) is 0 Å². The first-order valence-electron chi connectivity index (χ1n) is 9.08. The Bertz CT molecular complexity index is 349. The predicted molar refractivity (Wildman–Crippen MR) is 94.8 cm³/mol. The van der Waals surface area contributed by atoms with Crippen molar-refractivity contribution in [1.29, 1.82) is 0 Å². The van der Waals surface area contributed by atoms with Crippen LogP contribution in [0, 0.1) is 5.92 Å². The van der Waals surface area contributed by atoms with Crippen LogP contribution in [0.25, 0.3) is 0 Å². The van der Waals surface area contributed by atoms with E-state index in [1.807, 2.05) is 0 Å². The molecular weight excluding hydrogens is 254 g/mol. The van der Waals surface area contributed by atoms with Crippen molar-refractivity contribution in [2.75, 3.05) is 6.54 Å². The minimum atomic E-state index is 0.528. The van der Waals surface area contributed by atoms with Crippen LogP contribution in [0.5, 0.6) is 0 Å². The minimum Gasteiger partial charge on any atom is -0.310 e. The monoisotopic (exact) mass is 289 g/mol. The van der Waals surface area contributed by atoms with E-state index >= 15 is 0 Å². The molecule has 21 heavy (non-hydrogen) atoms. The molecule has 1 aromatic rings. The van der Waals surface area contributed by atoms with Gasteiger partial charge in [0.05, 0.1) is 0 Å². The third-order valence-corrected chi connectivity index (χ3v) is 4.28. The molecule has 0 aliphatic rings. The van der Waals surface area contributed by atoms with Gasteiger partial charge in [-0.05, 0) is 49.3 Å². The smallest absolute Gasteiger partial charge is 0.0348 e. The molecule has 0 spiro atoms. The third kappa shape index (κ3) is 6.22. The van der Waals surface area contributed by atoms with Crippen LogP contribution < -0.4 is 5.32 Å². The topological polar surface area (TPSA) is 12.0 Å². The van der Waals surface area contributed by atoms with Crippen LogP contribution in [0.1, 0.15) is 83.4 Å². The van der Waals surface area contributed by atoms with E-state index in [9.17, 15) is 0 Å². The SMILES string of the molecule is CCCNC(c1ccc(CCC)cc1)C(CCC)CCC. The van der Waals surface area contributed by atoms with E-state index in [1.54, 1.807) is 0 Å². The lowest BCUT2D eigenvalue weighted by Gasteiger charge is -2.28. The third-order valence-electron chi connectivity index (χ3n) is 4.28. The second kappa shape index (κ2) is 10.8. The summed E-state index contributed by atoms with van der Waals surface area (Å²) in [5.74, 6) is 0.767. The van der Waals surface area contributed by atoms with Crippen molar-refractivity contribution in [3.8, 4) is 0 Å². The zero-order chi connectivity index (χ0) is 15.5. The number of hydrogen-bond donors (Lipinski definition) is 1. The van der Waals surface area contributed by atoms with Crippen molar-refractivity contribution < 1.29 is 0 Å². The Balaban J connectivity index is 2.87. The van der Waals surface area contributed by atoms with Gasteiger partial charge in [-0.2, -0.15) is 0 Å². The van der Waals surface area contributed by atoms with E-state index in [2.05, 4.69) is 57.3 Å². The van der Waals surface area contributed by atoms with E-state index in [0.717, 1.165) is 12.5 Å². The van der Waals surface area contributed by atoms with Gasteiger partial charge in [-0.15, -0.1) is 0 Å². The normalized spacial score (nSPS) is 12.8. The van der Waals surface area contributed by atoms with Crippen LogP contribution in [-0.2, 0) is 6.42 Å². The first kappa shape index (κ1) is 18.2. The molecule has 0 aliphatic carbocycles. The molecule has 0 amide bonds. The Morgan fingerprint density at radius 3 is 1.90 bits per heavy atom. The molecule has 1 rings (SSSR count). The van der Waals surface area contributed by atoms with Gasteiger partial charge in [-0.25, -0.2) is 0 Å². The maximum Gasteiger partial charge on any atom is 0.0348 e. The molecule has 0 saturated carbocycles. The zero-order valence-electron chi connectivity index (χ0n) is 14.6. The van der Waals surface area contributed by atoms with Crippen molar-refractivity contribution >= 4 is 0 Å². The van der Waals surface area contributed by atoms with E-state index in [4.69, 9.17) is 0 Å². The van der Waals surface area contributed by atoms with E-state index in [-0.39, 0.29) is 0 Å². The highest BCUT2D eigenvalue weighted by Gasteiger charge is 2.21. The molecule has 0 aliphatic heterocycles. The highest BCUT2D eigenvalue weighted by Crippen LogP contribution is 2.30. The standard InChI is InChI=1S/C20H35N/c1-5-9-17-12-14-19(15-13-17)20(21-16-8-4)18(10-6-2)11-7-3/h12-15,18,20-21H,5-11,16H2,1-4H3. The Kier molecular flexibility index (Phi) is 9.41. The number of rotatable bonds is 11. The summed E-state index contributed by atoms with van der Waals surface area (Å²) < 4.78 is 0. The Labute approximate surface area is 132 Å². The summed E-state index contributed by atoms with van der Waals surface area (Å²) in [7, 11) is 0. The van der Waals surface area contributed by atoms with Crippen molar-refractivity contribution in [2.45, 2.75) is 78.7 Å². The molecule has 120 valence electrons. The van der Waals surface area contributed by atoms with E-state index in [0.29, 0.717) is 6.04 Å². The molecule has 1 atom stereocenters. The van der Waals surface area contributed by atoms with Gasteiger partial charge in [0, 0.05) is 6.04 Å². The minimum absolute atomic E-state index is 0.528. The lowest BCUT2D eigenvalue weighted by Crippen LogP contribution is -2.29. The molecule has 1 N–H and O–H groups in total. The Morgan fingerprint density at radius 2 is 1.43 bits per heavy atom. The fourth-order valence-electron chi connectivity index (χ4n) is 3.26. The largest absolute Gasteiger partial charge is 0.310 e.